The molecule has 220 valence electrons. The van der Waals surface area contributed by atoms with Crippen LogP contribution >= 0.6 is 11.8 Å². The number of sulfonamides is 1. The summed E-state index contributed by atoms with van der Waals surface area (Å²) in [5.74, 6) is 0.943. The second-order valence-corrected chi connectivity index (χ2v) is 15.0. The highest BCUT2D eigenvalue weighted by atomic mass is 32.2. The van der Waals surface area contributed by atoms with Gasteiger partial charge in [-0.2, -0.15) is 14.4 Å². The lowest BCUT2D eigenvalue weighted by Gasteiger charge is -2.34. The first-order chi connectivity index (χ1) is 20.2. The number of carbonyl (C=O) groups is 1. The fourth-order valence-corrected chi connectivity index (χ4v) is 8.89. The van der Waals surface area contributed by atoms with Crippen molar-refractivity contribution in [2.24, 2.45) is 22.7 Å². The Morgan fingerprint density at radius 2 is 1.71 bits per heavy atom. The van der Waals surface area contributed by atoms with Crippen LogP contribution in [0.25, 0.3) is 23.0 Å². The van der Waals surface area contributed by atoms with E-state index in [1.165, 1.54) is 18.2 Å². The third-order valence-corrected chi connectivity index (χ3v) is 11.0. The molecule has 3 aromatic rings. The molecule has 1 aromatic heterocycles. The number of hydrogen-bond acceptors (Lipinski definition) is 6. The van der Waals surface area contributed by atoms with E-state index in [0.29, 0.717) is 47.0 Å². The van der Waals surface area contributed by atoms with Gasteiger partial charge in [0.15, 0.2) is 5.17 Å². The minimum atomic E-state index is -3.67. The van der Waals surface area contributed by atoms with E-state index < -0.39 is 10.0 Å². The smallest absolute Gasteiger partial charge is 0.286 e. The van der Waals surface area contributed by atoms with Crippen molar-refractivity contribution in [1.29, 1.82) is 0 Å². The molecule has 0 aliphatic carbocycles. The lowest BCUT2D eigenvalue weighted by atomic mass is 9.94. The zero-order chi connectivity index (χ0) is 29.4. The van der Waals surface area contributed by atoms with Gasteiger partial charge in [-0.25, -0.2) is 13.1 Å². The number of aromatic nitrogens is 2. The average molecular weight is 604 g/mol. The van der Waals surface area contributed by atoms with Crippen molar-refractivity contribution < 1.29 is 13.2 Å². The largest absolute Gasteiger partial charge is 0.351 e. The van der Waals surface area contributed by atoms with Crippen LogP contribution in [0.2, 0.25) is 0 Å². The van der Waals surface area contributed by atoms with Crippen molar-refractivity contribution in [2.45, 2.75) is 44.9 Å². The summed E-state index contributed by atoms with van der Waals surface area (Å²) in [7, 11) is -3.67. The van der Waals surface area contributed by atoms with E-state index in [9.17, 15) is 13.2 Å². The number of benzene rings is 2. The zero-order valence-electron chi connectivity index (χ0n) is 24.3. The maximum atomic E-state index is 13.7. The lowest BCUT2D eigenvalue weighted by Crippen LogP contribution is -2.42. The van der Waals surface area contributed by atoms with Crippen LogP contribution in [0.1, 0.15) is 45.6 Å². The molecular weight excluding hydrogens is 567 g/mol. The summed E-state index contributed by atoms with van der Waals surface area (Å²) < 4.78 is 30.8. The number of aliphatic imine (C=N–C) groups is 1. The summed E-state index contributed by atoms with van der Waals surface area (Å²) in [5, 5.41) is 5.65. The minimum absolute atomic E-state index is 0.253. The zero-order valence-corrected chi connectivity index (χ0v) is 25.9. The lowest BCUT2D eigenvalue weighted by molar-refractivity contribution is -0.113. The van der Waals surface area contributed by atoms with Crippen molar-refractivity contribution in [3.63, 3.8) is 0 Å². The molecule has 0 spiro atoms. The molecule has 10 heteroatoms. The van der Waals surface area contributed by atoms with Gasteiger partial charge in [-0.15, -0.1) is 0 Å². The van der Waals surface area contributed by atoms with E-state index in [1.807, 2.05) is 48.7 Å². The number of para-hydroxylation sites is 1. The van der Waals surface area contributed by atoms with Gasteiger partial charge in [0.05, 0.1) is 15.5 Å². The SMILES string of the molecule is CC1CCCN(C2=NC(=O)/C(=C/c3cn(-c4ccccc4)nc3-c3cccc(S(=O)(=O)N4CC(C)CC(C)C4)c3)S2)C1. The first-order valence-corrected chi connectivity index (χ1v) is 17.0. The van der Waals surface area contributed by atoms with Gasteiger partial charge in [0.1, 0.15) is 5.69 Å². The topological polar surface area (TPSA) is 87.9 Å². The van der Waals surface area contributed by atoms with Crippen LogP contribution in [-0.4, -0.2) is 64.7 Å². The van der Waals surface area contributed by atoms with Crippen LogP contribution in [-0.2, 0) is 14.8 Å². The summed E-state index contributed by atoms with van der Waals surface area (Å²) in [6.45, 7) is 9.30. The molecule has 0 saturated carbocycles. The van der Waals surface area contributed by atoms with Gasteiger partial charge in [-0.1, -0.05) is 51.1 Å². The molecule has 4 heterocycles. The Morgan fingerprint density at radius 1 is 0.952 bits per heavy atom. The normalized spacial score (nSPS) is 24.8. The second kappa shape index (κ2) is 11.8. The third kappa shape index (κ3) is 5.98. The summed E-state index contributed by atoms with van der Waals surface area (Å²) in [4.78, 5) is 20.4. The van der Waals surface area contributed by atoms with E-state index in [-0.39, 0.29) is 10.8 Å². The molecule has 2 saturated heterocycles. The molecule has 0 radical (unpaired) electrons. The Labute approximate surface area is 252 Å². The van der Waals surface area contributed by atoms with Gasteiger partial charge in [-0.05, 0) is 79.1 Å². The quantitative estimate of drug-likeness (QED) is 0.337. The fraction of sp³-hybridized carbons (Fsp3) is 0.406. The molecule has 2 aromatic carbocycles. The number of hydrogen-bond donors (Lipinski definition) is 0. The first-order valence-electron chi connectivity index (χ1n) is 14.7. The molecule has 3 aliphatic heterocycles. The Kier molecular flexibility index (Phi) is 8.13. The third-order valence-electron chi connectivity index (χ3n) is 8.17. The number of piperidine rings is 2. The molecule has 3 unspecified atom stereocenters. The van der Waals surface area contributed by atoms with Gasteiger partial charge < -0.3 is 4.90 Å². The van der Waals surface area contributed by atoms with Crippen LogP contribution in [0.15, 0.2) is 75.6 Å². The molecule has 3 atom stereocenters. The van der Waals surface area contributed by atoms with E-state index in [2.05, 4.69) is 30.7 Å². The predicted molar refractivity (Wildman–Crippen MR) is 169 cm³/mol. The molecule has 1 amide bonds. The molecule has 0 N–H and O–H groups in total. The summed E-state index contributed by atoms with van der Waals surface area (Å²) in [6, 6.07) is 16.8. The van der Waals surface area contributed by atoms with Crippen LogP contribution < -0.4 is 0 Å². The van der Waals surface area contributed by atoms with Gasteiger partial charge in [-0.3, -0.25) is 4.79 Å². The van der Waals surface area contributed by atoms with Crippen LogP contribution in [0.4, 0.5) is 0 Å². The molecule has 6 rings (SSSR count). The number of thioether (sulfide) groups is 1. The summed E-state index contributed by atoms with van der Waals surface area (Å²) in [5.41, 5.74) is 2.88. The van der Waals surface area contributed by atoms with Crippen molar-refractivity contribution in [3.05, 3.63) is 71.3 Å². The average Bonchev–Trinajstić information content (AvgIpc) is 3.57. The van der Waals surface area contributed by atoms with E-state index in [0.717, 1.165) is 42.3 Å². The molecule has 8 nitrogen and oxygen atoms in total. The van der Waals surface area contributed by atoms with Gasteiger partial charge >= 0.3 is 0 Å². The fourth-order valence-electron chi connectivity index (χ4n) is 6.22. The number of likely N-dealkylation sites (tertiary alicyclic amines) is 1. The molecule has 3 aliphatic rings. The maximum absolute atomic E-state index is 13.7. The monoisotopic (exact) mass is 603 g/mol. The number of amides is 1. The highest BCUT2D eigenvalue weighted by Crippen LogP contribution is 2.35. The number of amidine groups is 1. The van der Waals surface area contributed by atoms with E-state index in [4.69, 9.17) is 5.10 Å². The highest BCUT2D eigenvalue weighted by Gasteiger charge is 2.32. The predicted octanol–water partition coefficient (Wildman–Crippen LogP) is 5.91. The molecule has 42 heavy (non-hydrogen) atoms. The summed E-state index contributed by atoms with van der Waals surface area (Å²) >= 11 is 1.41. The molecule has 0 bridgehead atoms. The number of carbonyl (C=O) groups excluding carboxylic acids is 1. The Morgan fingerprint density at radius 3 is 2.45 bits per heavy atom. The Bertz CT molecular complexity index is 1640. The maximum Gasteiger partial charge on any atom is 0.286 e. The van der Waals surface area contributed by atoms with Crippen LogP contribution in [0.3, 0.4) is 0 Å². The number of nitrogens with zero attached hydrogens (tertiary/aromatic N) is 5. The van der Waals surface area contributed by atoms with E-state index >= 15 is 0 Å². The van der Waals surface area contributed by atoms with Crippen LogP contribution in [0.5, 0.6) is 0 Å². The molecular formula is C32H37N5O3S2. The Hall–Kier alpha value is -3.21. The van der Waals surface area contributed by atoms with Gasteiger partial charge in [0.25, 0.3) is 5.91 Å². The molecule has 2 fully saturated rings. The van der Waals surface area contributed by atoms with Crippen molar-refractivity contribution in [1.82, 2.24) is 19.0 Å². The summed E-state index contributed by atoms with van der Waals surface area (Å²) in [6.07, 6.45) is 7.05. The van der Waals surface area contributed by atoms with Crippen LogP contribution in [0, 0.1) is 17.8 Å². The van der Waals surface area contributed by atoms with Crippen molar-refractivity contribution >= 4 is 38.9 Å². The highest BCUT2D eigenvalue weighted by molar-refractivity contribution is 8.18. The standard InChI is InChI=1S/C32H37N5O3S2/c1-22-9-8-14-35(18-22)32-33-31(38)29(41-32)17-26-21-37(27-11-5-4-6-12-27)34-30(26)25-10-7-13-28(16-25)42(39,40)36-19-23(2)15-24(3)20-36/h4-7,10-13,16-17,21-24H,8-9,14-15,18-20H2,1-3H3/b29-17-. The van der Waals surface area contributed by atoms with Crippen molar-refractivity contribution in [2.75, 3.05) is 26.2 Å². The minimum Gasteiger partial charge on any atom is -0.351 e. The van der Waals surface area contributed by atoms with Gasteiger partial charge in [0, 0.05) is 43.5 Å². The first kappa shape index (κ1) is 28.9. The second-order valence-electron chi connectivity index (χ2n) is 12.0. The van der Waals surface area contributed by atoms with E-state index in [1.54, 1.807) is 27.2 Å². The van der Waals surface area contributed by atoms with Crippen molar-refractivity contribution in [3.8, 4) is 16.9 Å². The Balaban J connectivity index is 1.36. The van der Waals surface area contributed by atoms with Gasteiger partial charge in [0.2, 0.25) is 10.0 Å². The number of rotatable bonds is 5.